The van der Waals surface area contributed by atoms with Crippen molar-refractivity contribution in [3.8, 4) is 0 Å². The monoisotopic (exact) mass is 208 g/mol. The average molecular weight is 208 g/mol. The number of aromatic nitrogens is 3. The predicted octanol–water partition coefficient (Wildman–Crippen LogP) is 1.36. The summed E-state index contributed by atoms with van der Waals surface area (Å²) in [7, 11) is 1.99. The van der Waals surface area contributed by atoms with Crippen LogP contribution in [0.4, 0.5) is 0 Å². The molecule has 0 amide bonds. The molecule has 0 aliphatic heterocycles. The van der Waals surface area contributed by atoms with Gasteiger partial charge in [-0.1, -0.05) is 0 Å². The van der Waals surface area contributed by atoms with Gasteiger partial charge in [0.05, 0.1) is 0 Å². The van der Waals surface area contributed by atoms with Crippen molar-refractivity contribution in [2.24, 2.45) is 18.7 Å². The highest BCUT2D eigenvalue weighted by molar-refractivity contribution is 5.00. The number of hydrogen-bond acceptors (Lipinski definition) is 3. The van der Waals surface area contributed by atoms with Gasteiger partial charge in [0.2, 0.25) is 0 Å². The molecule has 4 heteroatoms. The lowest BCUT2D eigenvalue weighted by Crippen LogP contribution is -2.22. The Morgan fingerprint density at radius 1 is 1.33 bits per heavy atom. The maximum absolute atomic E-state index is 5.69. The van der Waals surface area contributed by atoms with Crippen LogP contribution in [0.5, 0.6) is 0 Å². The first-order chi connectivity index (χ1) is 7.20. The average Bonchev–Trinajstić information content (AvgIpc) is 2.58. The fraction of sp³-hybridized carbons (Fsp3) is 0.818. The predicted molar refractivity (Wildman–Crippen MR) is 59.5 cm³/mol. The van der Waals surface area contributed by atoms with Crippen LogP contribution in [-0.2, 0) is 7.05 Å². The molecule has 1 heterocycles. The minimum absolute atomic E-state index is 0.596. The molecule has 1 aliphatic rings. The van der Waals surface area contributed by atoms with Gasteiger partial charge in [0, 0.05) is 13.0 Å². The topological polar surface area (TPSA) is 56.7 Å². The first kappa shape index (κ1) is 10.6. The van der Waals surface area contributed by atoms with Crippen molar-refractivity contribution in [1.82, 2.24) is 14.8 Å². The summed E-state index contributed by atoms with van der Waals surface area (Å²) in [5.41, 5.74) is 5.69. The molecule has 1 saturated carbocycles. The second-order valence-electron chi connectivity index (χ2n) is 4.59. The Morgan fingerprint density at radius 3 is 2.47 bits per heavy atom. The van der Waals surface area contributed by atoms with E-state index in [0.29, 0.717) is 5.92 Å². The van der Waals surface area contributed by atoms with Gasteiger partial charge in [0.15, 0.2) is 0 Å². The van der Waals surface area contributed by atoms with Crippen molar-refractivity contribution in [3.63, 3.8) is 0 Å². The lowest BCUT2D eigenvalue weighted by atomic mass is 9.81. The van der Waals surface area contributed by atoms with Gasteiger partial charge in [-0.3, -0.25) is 4.68 Å². The zero-order valence-corrected chi connectivity index (χ0v) is 9.61. The van der Waals surface area contributed by atoms with Crippen molar-refractivity contribution in [2.45, 2.75) is 38.5 Å². The van der Waals surface area contributed by atoms with E-state index < -0.39 is 0 Å². The molecule has 84 valence electrons. The van der Waals surface area contributed by atoms with Crippen LogP contribution >= 0.6 is 0 Å². The summed E-state index contributed by atoms with van der Waals surface area (Å²) >= 11 is 0. The number of aryl methyl sites for hydroxylation is 2. The third kappa shape index (κ3) is 2.20. The first-order valence-corrected chi connectivity index (χ1v) is 5.78. The van der Waals surface area contributed by atoms with E-state index in [4.69, 9.17) is 5.73 Å². The van der Waals surface area contributed by atoms with Crippen molar-refractivity contribution >= 4 is 0 Å². The van der Waals surface area contributed by atoms with Gasteiger partial charge in [0.1, 0.15) is 11.6 Å². The van der Waals surface area contributed by atoms with Crippen molar-refractivity contribution in [1.29, 1.82) is 0 Å². The zero-order valence-electron chi connectivity index (χ0n) is 9.61. The smallest absolute Gasteiger partial charge is 0.147 e. The summed E-state index contributed by atoms with van der Waals surface area (Å²) in [6, 6.07) is 0. The first-order valence-electron chi connectivity index (χ1n) is 5.78. The van der Waals surface area contributed by atoms with E-state index in [2.05, 4.69) is 10.1 Å². The van der Waals surface area contributed by atoms with Crippen LogP contribution in [0.3, 0.4) is 0 Å². The van der Waals surface area contributed by atoms with Crippen LogP contribution in [0.25, 0.3) is 0 Å². The van der Waals surface area contributed by atoms with Gasteiger partial charge in [0.25, 0.3) is 0 Å². The SMILES string of the molecule is Cc1nc(C2CCC(CN)CC2)n(C)n1. The number of rotatable bonds is 2. The maximum atomic E-state index is 5.69. The van der Waals surface area contributed by atoms with Gasteiger partial charge >= 0.3 is 0 Å². The summed E-state index contributed by atoms with van der Waals surface area (Å²) < 4.78 is 1.93. The van der Waals surface area contributed by atoms with E-state index in [9.17, 15) is 0 Å². The van der Waals surface area contributed by atoms with Crippen molar-refractivity contribution in [3.05, 3.63) is 11.6 Å². The highest BCUT2D eigenvalue weighted by Gasteiger charge is 2.24. The molecule has 15 heavy (non-hydrogen) atoms. The molecule has 1 fully saturated rings. The molecule has 0 unspecified atom stereocenters. The summed E-state index contributed by atoms with van der Waals surface area (Å²) in [6.45, 7) is 2.79. The Kier molecular flexibility index (Phi) is 3.05. The zero-order chi connectivity index (χ0) is 10.8. The molecule has 4 nitrogen and oxygen atoms in total. The summed E-state index contributed by atoms with van der Waals surface area (Å²) in [4.78, 5) is 4.51. The lowest BCUT2D eigenvalue weighted by Gasteiger charge is -2.26. The Hall–Kier alpha value is -0.900. The Labute approximate surface area is 90.9 Å². The van der Waals surface area contributed by atoms with E-state index in [1.807, 2.05) is 18.7 Å². The number of nitrogens with two attached hydrogens (primary N) is 1. The molecular weight excluding hydrogens is 188 g/mol. The van der Waals surface area contributed by atoms with E-state index in [1.165, 1.54) is 25.7 Å². The van der Waals surface area contributed by atoms with Gasteiger partial charge in [-0.2, -0.15) is 5.10 Å². The van der Waals surface area contributed by atoms with Crippen LogP contribution in [0.2, 0.25) is 0 Å². The Morgan fingerprint density at radius 2 is 2.00 bits per heavy atom. The summed E-state index contributed by atoms with van der Waals surface area (Å²) in [5, 5.41) is 4.31. The van der Waals surface area contributed by atoms with Crippen LogP contribution in [0.1, 0.15) is 43.3 Å². The summed E-state index contributed by atoms with van der Waals surface area (Å²) in [6.07, 6.45) is 4.92. The van der Waals surface area contributed by atoms with Gasteiger partial charge in [-0.15, -0.1) is 0 Å². The van der Waals surface area contributed by atoms with Crippen LogP contribution < -0.4 is 5.73 Å². The normalized spacial score (nSPS) is 26.9. The number of nitrogens with zero attached hydrogens (tertiary/aromatic N) is 3. The maximum Gasteiger partial charge on any atom is 0.147 e. The van der Waals surface area contributed by atoms with Crippen LogP contribution in [0, 0.1) is 12.8 Å². The molecule has 0 saturated heterocycles. The molecule has 0 bridgehead atoms. The largest absolute Gasteiger partial charge is 0.330 e. The van der Waals surface area contributed by atoms with Crippen LogP contribution in [-0.4, -0.2) is 21.3 Å². The molecule has 1 aromatic heterocycles. The molecule has 0 atom stereocenters. The minimum atomic E-state index is 0.596. The number of hydrogen-bond donors (Lipinski definition) is 1. The second-order valence-corrected chi connectivity index (χ2v) is 4.59. The van der Waals surface area contributed by atoms with Gasteiger partial charge < -0.3 is 5.73 Å². The van der Waals surface area contributed by atoms with E-state index in [0.717, 1.165) is 24.1 Å². The highest BCUT2D eigenvalue weighted by Crippen LogP contribution is 2.34. The second kappa shape index (κ2) is 4.31. The fourth-order valence-corrected chi connectivity index (χ4v) is 2.54. The minimum Gasteiger partial charge on any atom is -0.330 e. The van der Waals surface area contributed by atoms with Crippen molar-refractivity contribution in [2.75, 3.05) is 6.54 Å². The fourth-order valence-electron chi connectivity index (χ4n) is 2.54. The molecule has 0 spiro atoms. The third-order valence-electron chi connectivity index (χ3n) is 3.45. The molecule has 1 aliphatic carbocycles. The Balaban J connectivity index is 2.04. The summed E-state index contributed by atoms with van der Waals surface area (Å²) in [5.74, 6) is 3.37. The molecule has 2 rings (SSSR count). The van der Waals surface area contributed by atoms with Gasteiger partial charge in [-0.05, 0) is 45.1 Å². The van der Waals surface area contributed by atoms with E-state index in [-0.39, 0.29) is 0 Å². The molecule has 1 aromatic rings. The van der Waals surface area contributed by atoms with E-state index in [1.54, 1.807) is 0 Å². The third-order valence-corrected chi connectivity index (χ3v) is 3.45. The quantitative estimate of drug-likeness (QED) is 0.798. The molecule has 0 aromatic carbocycles. The van der Waals surface area contributed by atoms with Crippen LogP contribution in [0.15, 0.2) is 0 Å². The van der Waals surface area contributed by atoms with Crippen molar-refractivity contribution < 1.29 is 0 Å². The van der Waals surface area contributed by atoms with E-state index >= 15 is 0 Å². The molecule has 2 N–H and O–H groups in total. The molecular formula is C11H20N4. The van der Waals surface area contributed by atoms with Gasteiger partial charge in [-0.25, -0.2) is 4.98 Å². The highest BCUT2D eigenvalue weighted by atomic mass is 15.3. The standard InChI is InChI=1S/C11H20N4/c1-8-13-11(15(2)14-8)10-5-3-9(7-12)4-6-10/h9-10H,3-7,12H2,1-2H3. The molecule has 0 radical (unpaired) electrons. The lowest BCUT2D eigenvalue weighted by molar-refractivity contribution is 0.320. The Bertz CT molecular complexity index is 323.